The van der Waals surface area contributed by atoms with E-state index in [1.54, 1.807) is 11.1 Å². The Morgan fingerprint density at radius 3 is 2.96 bits per heavy atom. The molecule has 2 aromatic rings. The SMILES string of the molecule is CCC1CN(C(=O)C(=O)NCc2cccc(-c3nccn3C)c2)CCS1. The van der Waals surface area contributed by atoms with Crippen LogP contribution in [0.25, 0.3) is 11.4 Å². The van der Waals surface area contributed by atoms with Crippen LogP contribution in [0, 0.1) is 0 Å². The van der Waals surface area contributed by atoms with Crippen LogP contribution in [-0.2, 0) is 23.2 Å². The summed E-state index contributed by atoms with van der Waals surface area (Å²) in [6.07, 6.45) is 4.65. The van der Waals surface area contributed by atoms with Gasteiger partial charge < -0.3 is 14.8 Å². The molecule has 138 valence electrons. The van der Waals surface area contributed by atoms with Crippen molar-refractivity contribution in [3.05, 3.63) is 42.2 Å². The number of amides is 2. The first-order valence-electron chi connectivity index (χ1n) is 8.83. The minimum atomic E-state index is -0.533. The molecular formula is C19H24N4O2S. The van der Waals surface area contributed by atoms with Gasteiger partial charge in [-0.15, -0.1) is 0 Å². The van der Waals surface area contributed by atoms with Crippen LogP contribution in [0.2, 0.25) is 0 Å². The van der Waals surface area contributed by atoms with Crippen LogP contribution in [0.5, 0.6) is 0 Å². The van der Waals surface area contributed by atoms with Crippen molar-refractivity contribution in [3.63, 3.8) is 0 Å². The largest absolute Gasteiger partial charge is 0.344 e. The Kier molecular flexibility index (Phi) is 5.98. The molecule has 1 aliphatic rings. The van der Waals surface area contributed by atoms with E-state index in [1.807, 2.05) is 53.8 Å². The molecule has 0 saturated carbocycles. The van der Waals surface area contributed by atoms with E-state index in [-0.39, 0.29) is 0 Å². The van der Waals surface area contributed by atoms with Crippen LogP contribution in [-0.4, -0.2) is 50.4 Å². The number of aryl methyl sites for hydroxylation is 1. The molecule has 0 bridgehead atoms. The van der Waals surface area contributed by atoms with Gasteiger partial charge >= 0.3 is 11.8 Å². The monoisotopic (exact) mass is 372 g/mol. The number of aromatic nitrogens is 2. The van der Waals surface area contributed by atoms with E-state index in [0.717, 1.165) is 29.1 Å². The highest BCUT2D eigenvalue weighted by atomic mass is 32.2. The van der Waals surface area contributed by atoms with Gasteiger partial charge in [0.15, 0.2) is 0 Å². The minimum absolute atomic E-state index is 0.322. The van der Waals surface area contributed by atoms with Gasteiger partial charge in [-0.2, -0.15) is 11.8 Å². The van der Waals surface area contributed by atoms with Crippen LogP contribution in [0.4, 0.5) is 0 Å². The Morgan fingerprint density at radius 1 is 1.38 bits per heavy atom. The first-order chi connectivity index (χ1) is 12.6. The number of carbonyl (C=O) groups excluding carboxylic acids is 2. The summed E-state index contributed by atoms with van der Waals surface area (Å²) in [5.74, 6) is 0.798. The maximum absolute atomic E-state index is 12.4. The van der Waals surface area contributed by atoms with Crippen molar-refractivity contribution >= 4 is 23.6 Å². The maximum Gasteiger partial charge on any atom is 0.311 e. The number of rotatable bonds is 4. The lowest BCUT2D eigenvalue weighted by atomic mass is 10.1. The number of benzene rings is 1. The van der Waals surface area contributed by atoms with Crippen molar-refractivity contribution in [2.75, 3.05) is 18.8 Å². The van der Waals surface area contributed by atoms with Gasteiger partial charge in [0.05, 0.1) is 0 Å². The van der Waals surface area contributed by atoms with Gasteiger partial charge in [0.25, 0.3) is 0 Å². The molecule has 0 spiro atoms. The summed E-state index contributed by atoms with van der Waals surface area (Å²) in [5.41, 5.74) is 1.92. The molecule has 1 fully saturated rings. The molecule has 0 aliphatic carbocycles. The molecule has 1 N–H and O–H groups in total. The third-order valence-electron chi connectivity index (χ3n) is 4.54. The number of carbonyl (C=O) groups is 2. The fourth-order valence-corrected chi connectivity index (χ4v) is 4.20. The maximum atomic E-state index is 12.4. The standard InChI is InChI=1S/C19H24N4O2S/c1-3-16-13-23(9-10-26-16)19(25)18(24)21-12-14-5-4-6-15(11-14)17-20-7-8-22(17)2/h4-8,11,16H,3,9-10,12-13H2,1-2H3,(H,21,24). The summed E-state index contributed by atoms with van der Waals surface area (Å²) in [5, 5.41) is 3.18. The fourth-order valence-electron chi connectivity index (χ4n) is 3.02. The van der Waals surface area contributed by atoms with Crippen LogP contribution >= 0.6 is 11.8 Å². The van der Waals surface area contributed by atoms with E-state index >= 15 is 0 Å². The molecule has 26 heavy (non-hydrogen) atoms. The summed E-state index contributed by atoms with van der Waals surface area (Å²) in [6, 6.07) is 7.83. The third kappa shape index (κ3) is 4.27. The van der Waals surface area contributed by atoms with Crippen LogP contribution < -0.4 is 5.32 Å². The van der Waals surface area contributed by atoms with Crippen molar-refractivity contribution in [3.8, 4) is 11.4 Å². The lowest BCUT2D eigenvalue weighted by Gasteiger charge is -2.31. The Morgan fingerprint density at radius 2 is 2.23 bits per heavy atom. The summed E-state index contributed by atoms with van der Waals surface area (Å²) in [6.45, 7) is 3.73. The lowest BCUT2D eigenvalue weighted by Crippen LogP contribution is -2.48. The zero-order valence-electron chi connectivity index (χ0n) is 15.1. The van der Waals surface area contributed by atoms with E-state index in [0.29, 0.717) is 24.9 Å². The minimum Gasteiger partial charge on any atom is -0.344 e. The lowest BCUT2D eigenvalue weighted by molar-refractivity contribution is -0.145. The Bertz CT molecular complexity index is 789. The van der Waals surface area contributed by atoms with Crippen molar-refractivity contribution in [1.29, 1.82) is 0 Å². The molecule has 3 rings (SSSR count). The summed E-state index contributed by atoms with van der Waals surface area (Å²) in [4.78, 5) is 30.6. The van der Waals surface area contributed by atoms with Gasteiger partial charge in [0, 0.05) is 55.6 Å². The molecule has 7 heteroatoms. The number of nitrogens with one attached hydrogen (secondary N) is 1. The summed E-state index contributed by atoms with van der Waals surface area (Å²) in [7, 11) is 1.94. The van der Waals surface area contributed by atoms with Gasteiger partial charge in [0.2, 0.25) is 0 Å². The van der Waals surface area contributed by atoms with E-state index in [1.165, 1.54) is 0 Å². The Hall–Kier alpha value is -2.28. The molecular weight excluding hydrogens is 348 g/mol. The number of thioether (sulfide) groups is 1. The van der Waals surface area contributed by atoms with Gasteiger partial charge in [-0.25, -0.2) is 4.98 Å². The smallest absolute Gasteiger partial charge is 0.311 e. The van der Waals surface area contributed by atoms with Crippen molar-refractivity contribution < 1.29 is 9.59 Å². The molecule has 2 heterocycles. The zero-order chi connectivity index (χ0) is 18.5. The molecule has 1 aromatic heterocycles. The quantitative estimate of drug-likeness (QED) is 0.834. The number of imidazole rings is 1. The number of nitrogens with zero attached hydrogens (tertiary/aromatic N) is 3. The predicted molar refractivity (Wildman–Crippen MR) is 104 cm³/mol. The molecule has 1 aliphatic heterocycles. The second-order valence-corrected chi connectivity index (χ2v) is 7.81. The summed E-state index contributed by atoms with van der Waals surface area (Å²) < 4.78 is 1.94. The van der Waals surface area contributed by atoms with Gasteiger partial charge in [-0.1, -0.05) is 25.1 Å². The Balaban J connectivity index is 1.59. The van der Waals surface area contributed by atoms with Gasteiger partial charge in [-0.3, -0.25) is 9.59 Å². The van der Waals surface area contributed by atoms with E-state index in [2.05, 4.69) is 17.2 Å². The third-order valence-corrected chi connectivity index (χ3v) is 5.91. The first-order valence-corrected chi connectivity index (χ1v) is 9.88. The topological polar surface area (TPSA) is 67.2 Å². The van der Waals surface area contributed by atoms with E-state index < -0.39 is 11.8 Å². The number of hydrogen-bond acceptors (Lipinski definition) is 4. The molecule has 6 nitrogen and oxygen atoms in total. The number of hydrogen-bond donors (Lipinski definition) is 1. The normalized spacial score (nSPS) is 17.2. The van der Waals surface area contributed by atoms with Crippen molar-refractivity contribution in [1.82, 2.24) is 19.8 Å². The second kappa shape index (κ2) is 8.40. The average molecular weight is 372 g/mol. The molecule has 1 unspecified atom stereocenters. The van der Waals surface area contributed by atoms with Crippen LogP contribution in [0.15, 0.2) is 36.7 Å². The van der Waals surface area contributed by atoms with Gasteiger partial charge in [-0.05, 0) is 18.1 Å². The van der Waals surface area contributed by atoms with Crippen molar-refractivity contribution in [2.24, 2.45) is 7.05 Å². The highest BCUT2D eigenvalue weighted by molar-refractivity contribution is 8.00. The highest BCUT2D eigenvalue weighted by Gasteiger charge is 2.27. The average Bonchev–Trinajstić information content (AvgIpc) is 3.11. The van der Waals surface area contributed by atoms with E-state index in [4.69, 9.17) is 0 Å². The molecule has 1 aromatic carbocycles. The van der Waals surface area contributed by atoms with Crippen molar-refractivity contribution in [2.45, 2.75) is 25.1 Å². The fraction of sp³-hybridized carbons (Fsp3) is 0.421. The first kappa shape index (κ1) is 18.5. The van der Waals surface area contributed by atoms with E-state index in [9.17, 15) is 9.59 Å². The van der Waals surface area contributed by atoms with Crippen LogP contribution in [0.3, 0.4) is 0 Å². The highest BCUT2D eigenvalue weighted by Crippen LogP contribution is 2.21. The molecule has 1 atom stereocenters. The summed E-state index contributed by atoms with van der Waals surface area (Å²) >= 11 is 1.87. The predicted octanol–water partition coefficient (Wildman–Crippen LogP) is 2.06. The second-order valence-electron chi connectivity index (χ2n) is 6.40. The Labute approximate surface area is 158 Å². The van der Waals surface area contributed by atoms with Gasteiger partial charge in [0.1, 0.15) is 5.82 Å². The van der Waals surface area contributed by atoms with Crippen LogP contribution in [0.1, 0.15) is 18.9 Å². The molecule has 1 saturated heterocycles. The zero-order valence-corrected chi connectivity index (χ0v) is 16.0. The molecule has 2 amide bonds. The molecule has 0 radical (unpaired) electrons.